The van der Waals surface area contributed by atoms with E-state index in [1.807, 2.05) is 0 Å². The summed E-state index contributed by atoms with van der Waals surface area (Å²) in [6.07, 6.45) is -13.7. The summed E-state index contributed by atoms with van der Waals surface area (Å²) in [7, 11) is 0. The van der Waals surface area contributed by atoms with E-state index in [0.717, 1.165) is 0 Å². The lowest BCUT2D eigenvalue weighted by Gasteiger charge is -2.31. The monoisotopic (exact) mass is 546 g/mol. The Morgan fingerprint density at radius 3 is 0.971 bits per heavy atom. The molecule has 34 heavy (non-hydrogen) atoms. The first-order valence-corrected chi connectivity index (χ1v) is 8.03. The standard InChI is InChI=1S/C14H10F16O4/c15-7(16)11(23,24)13(27,28)9(19,20)3-33-5(31)1-2-6(32)34-4-10(21,22)14(29,30)12(25,26)8(17)18/h7-8H,1-4H2. The van der Waals surface area contributed by atoms with Crippen molar-refractivity contribution >= 4 is 11.9 Å². The average Bonchev–Trinajstić information content (AvgIpc) is 2.68. The van der Waals surface area contributed by atoms with Crippen molar-refractivity contribution in [2.45, 2.75) is 61.2 Å². The number of hydrogen-bond donors (Lipinski definition) is 0. The molecule has 0 radical (unpaired) electrons. The first kappa shape index (κ1) is 31.8. The number of esters is 2. The second-order valence-corrected chi connectivity index (χ2v) is 6.23. The molecular formula is C14H10F16O4. The summed E-state index contributed by atoms with van der Waals surface area (Å²) in [5.41, 5.74) is 0. The zero-order valence-electron chi connectivity index (χ0n) is 15.7. The second-order valence-electron chi connectivity index (χ2n) is 6.23. The molecule has 0 atom stereocenters. The van der Waals surface area contributed by atoms with Gasteiger partial charge in [-0.25, -0.2) is 17.6 Å². The van der Waals surface area contributed by atoms with Crippen LogP contribution in [0.15, 0.2) is 0 Å². The highest BCUT2D eigenvalue weighted by atomic mass is 19.4. The molecule has 0 amide bonds. The van der Waals surface area contributed by atoms with Crippen LogP contribution in [0.1, 0.15) is 12.8 Å². The van der Waals surface area contributed by atoms with Crippen LogP contribution in [-0.4, -0.2) is 73.5 Å². The van der Waals surface area contributed by atoms with E-state index in [-0.39, 0.29) is 0 Å². The molecule has 0 rings (SSSR count). The van der Waals surface area contributed by atoms with Crippen LogP contribution in [0.25, 0.3) is 0 Å². The molecular weight excluding hydrogens is 536 g/mol. The third-order valence-corrected chi connectivity index (χ3v) is 3.67. The summed E-state index contributed by atoms with van der Waals surface area (Å²) in [6, 6.07) is 0. The van der Waals surface area contributed by atoms with Gasteiger partial charge in [0.15, 0.2) is 13.2 Å². The van der Waals surface area contributed by atoms with Crippen LogP contribution in [0, 0.1) is 0 Å². The van der Waals surface area contributed by atoms with Gasteiger partial charge in [0.2, 0.25) is 0 Å². The molecule has 0 aliphatic carbocycles. The Kier molecular flexibility index (Phi) is 9.55. The van der Waals surface area contributed by atoms with E-state index in [9.17, 15) is 79.8 Å². The van der Waals surface area contributed by atoms with E-state index in [4.69, 9.17) is 0 Å². The molecule has 0 aromatic carbocycles. The summed E-state index contributed by atoms with van der Waals surface area (Å²) >= 11 is 0. The summed E-state index contributed by atoms with van der Waals surface area (Å²) in [5, 5.41) is 0. The molecule has 0 aromatic heterocycles. The molecule has 0 aliphatic rings. The van der Waals surface area contributed by atoms with Crippen molar-refractivity contribution in [1.82, 2.24) is 0 Å². The Morgan fingerprint density at radius 1 is 0.529 bits per heavy atom. The Hall–Kier alpha value is -2.18. The minimum absolute atomic E-state index is 1.57. The fourth-order valence-electron chi connectivity index (χ4n) is 1.63. The van der Waals surface area contributed by atoms with Gasteiger partial charge in [-0.1, -0.05) is 0 Å². The maximum absolute atomic E-state index is 13.1. The van der Waals surface area contributed by atoms with E-state index in [1.165, 1.54) is 0 Å². The molecule has 0 N–H and O–H groups in total. The van der Waals surface area contributed by atoms with Gasteiger partial charge in [-0.3, -0.25) is 9.59 Å². The number of ether oxygens (including phenoxy) is 2. The average molecular weight is 546 g/mol. The highest BCUT2D eigenvalue weighted by Crippen LogP contribution is 2.49. The van der Waals surface area contributed by atoms with E-state index >= 15 is 0 Å². The molecule has 0 aromatic rings. The van der Waals surface area contributed by atoms with Gasteiger partial charge in [0, 0.05) is 0 Å². The predicted octanol–water partition coefficient (Wildman–Crippen LogP) is 5.20. The van der Waals surface area contributed by atoms with Crippen molar-refractivity contribution in [2.24, 2.45) is 0 Å². The van der Waals surface area contributed by atoms with Crippen molar-refractivity contribution in [3.8, 4) is 0 Å². The highest BCUT2D eigenvalue weighted by Gasteiger charge is 2.76. The molecule has 0 saturated heterocycles. The van der Waals surface area contributed by atoms with Gasteiger partial charge in [-0.15, -0.1) is 0 Å². The van der Waals surface area contributed by atoms with Crippen LogP contribution in [0.2, 0.25) is 0 Å². The van der Waals surface area contributed by atoms with Crippen molar-refractivity contribution in [3.05, 3.63) is 0 Å². The van der Waals surface area contributed by atoms with E-state index in [2.05, 4.69) is 9.47 Å². The zero-order valence-corrected chi connectivity index (χ0v) is 15.7. The SMILES string of the molecule is O=C(CCC(=O)OCC(F)(F)C(F)(F)C(F)(F)C(F)F)OCC(F)(F)C(F)(F)C(F)(F)C(F)F. The lowest BCUT2D eigenvalue weighted by atomic mass is 10.1. The largest absolute Gasteiger partial charge is 0.459 e. The molecule has 0 heterocycles. The van der Waals surface area contributed by atoms with Crippen LogP contribution in [-0.2, 0) is 19.1 Å². The number of carbonyl (C=O) groups is 2. The molecule has 0 aliphatic heterocycles. The van der Waals surface area contributed by atoms with Gasteiger partial charge >= 0.3 is 60.3 Å². The summed E-state index contributed by atoms with van der Waals surface area (Å²) in [6.45, 7) is -5.88. The van der Waals surface area contributed by atoms with Crippen molar-refractivity contribution in [2.75, 3.05) is 13.2 Å². The minimum Gasteiger partial charge on any atom is -0.459 e. The molecule has 0 bridgehead atoms. The molecule has 0 fully saturated rings. The second kappa shape index (κ2) is 10.2. The molecule has 0 spiro atoms. The van der Waals surface area contributed by atoms with Crippen LogP contribution < -0.4 is 0 Å². The first-order chi connectivity index (χ1) is 14.9. The topological polar surface area (TPSA) is 52.6 Å². The zero-order chi connectivity index (χ0) is 27.6. The fraction of sp³-hybridized carbons (Fsp3) is 0.857. The predicted molar refractivity (Wildman–Crippen MR) is 72.8 cm³/mol. The quantitative estimate of drug-likeness (QED) is 0.236. The molecule has 0 saturated carbocycles. The maximum atomic E-state index is 13.1. The number of halogens is 16. The summed E-state index contributed by atoms with van der Waals surface area (Å²) < 4.78 is 209. The van der Waals surface area contributed by atoms with Gasteiger partial charge in [0.25, 0.3) is 0 Å². The van der Waals surface area contributed by atoms with Crippen LogP contribution in [0.5, 0.6) is 0 Å². The van der Waals surface area contributed by atoms with E-state index < -0.39 is 86.4 Å². The molecule has 20 heteroatoms. The number of hydrogen-bond acceptors (Lipinski definition) is 4. The normalized spacial score (nSPS) is 14.5. The molecule has 0 unspecified atom stereocenters. The van der Waals surface area contributed by atoms with Crippen molar-refractivity contribution in [1.29, 1.82) is 0 Å². The number of rotatable bonds is 13. The number of carbonyl (C=O) groups excluding carboxylic acids is 2. The Bertz CT molecular complexity index is 660. The number of alkyl halides is 16. The lowest BCUT2D eigenvalue weighted by Crippen LogP contribution is -2.59. The summed E-state index contributed by atoms with van der Waals surface area (Å²) in [4.78, 5) is 22.2. The van der Waals surface area contributed by atoms with Crippen molar-refractivity contribution in [3.63, 3.8) is 0 Å². The van der Waals surface area contributed by atoms with E-state index in [1.54, 1.807) is 0 Å². The summed E-state index contributed by atoms with van der Waals surface area (Å²) in [5.74, 6) is -43.1. The van der Waals surface area contributed by atoms with Crippen LogP contribution >= 0.6 is 0 Å². The van der Waals surface area contributed by atoms with Gasteiger partial charge < -0.3 is 9.47 Å². The van der Waals surface area contributed by atoms with Gasteiger partial charge in [0.1, 0.15) is 0 Å². The molecule has 202 valence electrons. The van der Waals surface area contributed by atoms with E-state index in [0.29, 0.717) is 0 Å². The lowest BCUT2D eigenvalue weighted by molar-refractivity contribution is -0.344. The minimum atomic E-state index is -6.75. The smallest absolute Gasteiger partial charge is 0.381 e. The first-order valence-electron chi connectivity index (χ1n) is 8.03. The van der Waals surface area contributed by atoms with Crippen molar-refractivity contribution < 1.29 is 89.3 Å². The molecule has 4 nitrogen and oxygen atoms in total. The van der Waals surface area contributed by atoms with Gasteiger partial charge in [0.05, 0.1) is 12.8 Å². The third-order valence-electron chi connectivity index (χ3n) is 3.67. The highest BCUT2D eigenvalue weighted by molar-refractivity contribution is 5.77. The van der Waals surface area contributed by atoms with Crippen LogP contribution in [0.4, 0.5) is 70.2 Å². The van der Waals surface area contributed by atoms with Gasteiger partial charge in [-0.2, -0.15) is 52.7 Å². The maximum Gasteiger partial charge on any atom is 0.381 e. The Labute approximate surface area is 177 Å². The van der Waals surface area contributed by atoms with Gasteiger partial charge in [-0.05, 0) is 0 Å². The third kappa shape index (κ3) is 6.28. The van der Waals surface area contributed by atoms with Crippen LogP contribution in [0.3, 0.4) is 0 Å². The fourth-order valence-corrected chi connectivity index (χ4v) is 1.63. The Balaban J connectivity index is 4.89. The Morgan fingerprint density at radius 2 is 0.765 bits per heavy atom.